The summed E-state index contributed by atoms with van der Waals surface area (Å²) in [5.41, 5.74) is 2.35. The molecule has 0 unspecified atom stereocenters. The van der Waals surface area contributed by atoms with E-state index in [0.29, 0.717) is 5.92 Å². The van der Waals surface area contributed by atoms with Gasteiger partial charge in [0, 0.05) is 28.3 Å². The van der Waals surface area contributed by atoms with Crippen molar-refractivity contribution in [2.45, 2.75) is 37.4 Å². The van der Waals surface area contributed by atoms with Crippen LogP contribution in [0.5, 0.6) is 0 Å². The van der Waals surface area contributed by atoms with Gasteiger partial charge >= 0.3 is 0 Å². The summed E-state index contributed by atoms with van der Waals surface area (Å²) in [7, 11) is 0. The number of nitrogens with zero attached hydrogens (tertiary/aromatic N) is 2. The van der Waals surface area contributed by atoms with Crippen LogP contribution in [0.1, 0.15) is 25.0 Å². The summed E-state index contributed by atoms with van der Waals surface area (Å²) < 4.78 is 1.08. The quantitative estimate of drug-likeness (QED) is 0.767. The number of benzene rings is 1. The average molecular weight is 366 g/mol. The van der Waals surface area contributed by atoms with E-state index in [0.717, 1.165) is 33.2 Å². The van der Waals surface area contributed by atoms with Gasteiger partial charge in [-0.2, -0.15) is 0 Å². The molecule has 2 rings (SSSR count). The van der Waals surface area contributed by atoms with Crippen LogP contribution in [0, 0.1) is 12.8 Å². The number of hydrogen-bond donors (Lipinski definition) is 1. The van der Waals surface area contributed by atoms with E-state index in [4.69, 9.17) is 0 Å². The molecule has 0 fully saturated rings. The predicted octanol–water partition coefficient (Wildman–Crippen LogP) is 4.44. The van der Waals surface area contributed by atoms with Crippen molar-refractivity contribution in [2.75, 3.05) is 6.54 Å². The zero-order chi connectivity index (χ0) is 15.2. The Labute approximate surface area is 139 Å². The summed E-state index contributed by atoms with van der Waals surface area (Å²) in [6.45, 7) is 8.34. The maximum atomic E-state index is 4.32. The third kappa shape index (κ3) is 5.41. The summed E-state index contributed by atoms with van der Waals surface area (Å²) in [5.74, 6) is 0.668. The molecule has 0 aliphatic heterocycles. The van der Waals surface area contributed by atoms with Gasteiger partial charge in [-0.05, 0) is 70.3 Å². The Morgan fingerprint density at radius 1 is 1.24 bits per heavy atom. The lowest BCUT2D eigenvalue weighted by Crippen LogP contribution is -2.18. The van der Waals surface area contributed by atoms with E-state index >= 15 is 0 Å². The van der Waals surface area contributed by atoms with E-state index in [-0.39, 0.29) is 0 Å². The van der Waals surface area contributed by atoms with Gasteiger partial charge in [-0.25, -0.2) is 9.97 Å². The van der Waals surface area contributed by atoms with Gasteiger partial charge in [-0.15, -0.1) is 0 Å². The van der Waals surface area contributed by atoms with Gasteiger partial charge in [-0.3, -0.25) is 0 Å². The average Bonchev–Trinajstić information content (AvgIpc) is 2.44. The Hall–Kier alpha value is -0.910. The predicted molar refractivity (Wildman–Crippen MR) is 91.6 cm³/mol. The first-order valence-electron chi connectivity index (χ1n) is 7.00. The van der Waals surface area contributed by atoms with Crippen molar-refractivity contribution in [1.29, 1.82) is 0 Å². The van der Waals surface area contributed by atoms with Crippen molar-refractivity contribution in [3.05, 3.63) is 46.2 Å². The third-order valence-electron chi connectivity index (χ3n) is 2.84. The van der Waals surface area contributed by atoms with Gasteiger partial charge in [0.25, 0.3) is 0 Å². The molecule has 1 N–H and O–H groups in total. The molecule has 0 saturated heterocycles. The largest absolute Gasteiger partial charge is 0.312 e. The number of rotatable bonds is 6. The number of hydrogen-bond acceptors (Lipinski definition) is 4. The van der Waals surface area contributed by atoms with Gasteiger partial charge in [-0.1, -0.05) is 19.9 Å². The first-order valence-corrected chi connectivity index (χ1v) is 8.61. The fourth-order valence-electron chi connectivity index (χ4n) is 1.77. The molecule has 0 saturated carbocycles. The molecular weight excluding hydrogens is 346 g/mol. The first-order chi connectivity index (χ1) is 10.0. The molecule has 3 nitrogen and oxygen atoms in total. The van der Waals surface area contributed by atoms with Crippen LogP contribution in [0.4, 0.5) is 0 Å². The van der Waals surface area contributed by atoms with E-state index in [9.17, 15) is 0 Å². The summed E-state index contributed by atoms with van der Waals surface area (Å²) in [5, 5.41) is 4.22. The van der Waals surface area contributed by atoms with Crippen molar-refractivity contribution < 1.29 is 0 Å². The van der Waals surface area contributed by atoms with E-state index in [1.807, 2.05) is 19.3 Å². The molecule has 0 aliphatic carbocycles. The molecule has 0 spiro atoms. The highest BCUT2D eigenvalue weighted by Gasteiger charge is 2.06. The van der Waals surface area contributed by atoms with Crippen LogP contribution in [0.15, 0.2) is 45.1 Å². The normalized spacial score (nSPS) is 11.1. The highest BCUT2D eigenvalue weighted by atomic mass is 79.9. The summed E-state index contributed by atoms with van der Waals surface area (Å²) >= 11 is 5.21. The molecule has 1 aromatic heterocycles. The molecular formula is C16H20BrN3S. The molecule has 2 aromatic rings. The van der Waals surface area contributed by atoms with Crippen LogP contribution < -0.4 is 5.32 Å². The second-order valence-electron chi connectivity index (χ2n) is 5.43. The minimum atomic E-state index is 0.668. The van der Waals surface area contributed by atoms with Crippen molar-refractivity contribution in [2.24, 2.45) is 5.92 Å². The van der Waals surface area contributed by atoms with Crippen molar-refractivity contribution in [3.63, 3.8) is 0 Å². The Morgan fingerprint density at radius 2 is 1.95 bits per heavy atom. The van der Waals surface area contributed by atoms with Gasteiger partial charge in [0.05, 0.1) is 0 Å². The third-order valence-corrected chi connectivity index (χ3v) is 4.72. The van der Waals surface area contributed by atoms with Crippen LogP contribution >= 0.6 is 27.7 Å². The molecule has 0 atom stereocenters. The number of aryl methyl sites for hydroxylation is 1. The maximum absolute atomic E-state index is 4.32. The lowest BCUT2D eigenvalue weighted by atomic mass is 10.2. The fourth-order valence-corrected chi connectivity index (χ4v) is 3.14. The smallest absolute Gasteiger partial charge is 0.192 e. The van der Waals surface area contributed by atoms with Gasteiger partial charge < -0.3 is 5.32 Å². The second kappa shape index (κ2) is 7.92. The minimum absolute atomic E-state index is 0.668. The van der Waals surface area contributed by atoms with Crippen LogP contribution in [-0.2, 0) is 6.54 Å². The number of aromatic nitrogens is 2. The van der Waals surface area contributed by atoms with Crippen molar-refractivity contribution in [3.8, 4) is 0 Å². The van der Waals surface area contributed by atoms with Gasteiger partial charge in [0.1, 0.15) is 0 Å². The highest BCUT2D eigenvalue weighted by molar-refractivity contribution is 9.10. The minimum Gasteiger partial charge on any atom is -0.312 e. The standard InChI is InChI=1S/C16H20BrN3S/c1-11(2)7-18-10-13-4-5-15(14(17)6-13)21-16-19-8-12(3)9-20-16/h4-6,8-9,11,18H,7,10H2,1-3H3. The Bertz CT molecular complexity index is 585. The fraction of sp³-hybridized carbons (Fsp3) is 0.375. The molecule has 21 heavy (non-hydrogen) atoms. The maximum Gasteiger partial charge on any atom is 0.192 e. The van der Waals surface area contributed by atoms with Crippen LogP contribution in [0.3, 0.4) is 0 Å². The van der Waals surface area contributed by atoms with Crippen molar-refractivity contribution >= 4 is 27.7 Å². The molecule has 112 valence electrons. The first kappa shape index (κ1) is 16.5. The summed E-state index contributed by atoms with van der Waals surface area (Å²) in [6.07, 6.45) is 3.68. The molecule has 1 heterocycles. The van der Waals surface area contributed by atoms with Crippen LogP contribution in [0.25, 0.3) is 0 Å². The topological polar surface area (TPSA) is 37.8 Å². The Balaban J connectivity index is 2.00. The second-order valence-corrected chi connectivity index (χ2v) is 7.30. The van der Waals surface area contributed by atoms with Crippen molar-refractivity contribution in [1.82, 2.24) is 15.3 Å². The molecule has 0 bridgehead atoms. The van der Waals surface area contributed by atoms with Gasteiger partial charge in [0.15, 0.2) is 5.16 Å². The van der Waals surface area contributed by atoms with E-state index < -0.39 is 0 Å². The Morgan fingerprint density at radius 3 is 2.57 bits per heavy atom. The molecule has 1 aromatic carbocycles. The molecule has 0 amide bonds. The SMILES string of the molecule is Cc1cnc(Sc2ccc(CNCC(C)C)cc2Br)nc1. The molecule has 5 heteroatoms. The summed E-state index contributed by atoms with van der Waals surface area (Å²) in [4.78, 5) is 9.78. The van der Waals surface area contributed by atoms with Crippen LogP contribution in [-0.4, -0.2) is 16.5 Å². The number of nitrogens with one attached hydrogen (secondary N) is 1. The number of halogens is 1. The molecule has 0 aliphatic rings. The lowest BCUT2D eigenvalue weighted by Gasteiger charge is -2.09. The lowest BCUT2D eigenvalue weighted by molar-refractivity contribution is 0.552. The van der Waals surface area contributed by atoms with E-state index in [2.05, 4.69) is 63.3 Å². The van der Waals surface area contributed by atoms with Gasteiger partial charge in [0.2, 0.25) is 0 Å². The highest BCUT2D eigenvalue weighted by Crippen LogP contribution is 2.32. The Kier molecular flexibility index (Phi) is 6.21. The monoisotopic (exact) mass is 365 g/mol. The van der Waals surface area contributed by atoms with E-state index in [1.165, 1.54) is 5.56 Å². The zero-order valence-corrected chi connectivity index (χ0v) is 15.0. The molecule has 0 radical (unpaired) electrons. The summed E-state index contributed by atoms with van der Waals surface area (Å²) in [6, 6.07) is 6.42. The van der Waals surface area contributed by atoms with Crippen LogP contribution in [0.2, 0.25) is 0 Å². The zero-order valence-electron chi connectivity index (χ0n) is 12.6. The van der Waals surface area contributed by atoms with E-state index in [1.54, 1.807) is 11.8 Å².